The highest BCUT2D eigenvalue weighted by Crippen LogP contribution is 2.88. The molecule has 6 saturated carbocycles. The number of rotatable bonds is 12. The summed E-state index contributed by atoms with van der Waals surface area (Å²) in [5, 5.41) is 8.47. The van der Waals surface area contributed by atoms with Crippen LogP contribution < -0.4 is 20.7 Å². The summed E-state index contributed by atoms with van der Waals surface area (Å²) in [5.41, 5.74) is -2.56. The summed E-state index contributed by atoms with van der Waals surface area (Å²) in [6.45, 7) is 11.5. The second kappa shape index (κ2) is 14.4. The molecule has 0 aromatic heterocycles. The van der Waals surface area contributed by atoms with E-state index >= 15 is 4.79 Å². The van der Waals surface area contributed by atoms with Gasteiger partial charge < -0.3 is 30.3 Å². The van der Waals surface area contributed by atoms with Crippen molar-refractivity contribution >= 4 is 39.7 Å². The van der Waals surface area contributed by atoms with Crippen molar-refractivity contribution in [1.29, 1.82) is 0 Å². The number of amides is 5. The zero-order valence-corrected chi connectivity index (χ0v) is 35.4. The summed E-state index contributed by atoms with van der Waals surface area (Å²) in [7, 11) is -3.84. The fourth-order valence-corrected chi connectivity index (χ4v) is 13.2. The van der Waals surface area contributed by atoms with Gasteiger partial charge in [-0.3, -0.25) is 23.9 Å². The minimum atomic E-state index is -3.84. The number of likely N-dealkylation sites (tertiary alicyclic amines) is 1. The predicted molar refractivity (Wildman–Crippen MR) is 210 cm³/mol. The molecule has 57 heavy (non-hydrogen) atoms. The third kappa shape index (κ3) is 7.15. The average molecular weight is 816 g/mol. The summed E-state index contributed by atoms with van der Waals surface area (Å²) in [4.78, 5) is 73.2. The highest BCUT2D eigenvalue weighted by atomic mass is 32.2. The number of alkyl carbamates (subject to hydrolysis) is 1. The predicted octanol–water partition coefficient (Wildman–Crippen LogP) is 4.06. The van der Waals surface area contributed by atoms with Gasteiger partial charge in [-0.25, -0.2) is 13.2 Å². The molecule has 6 aliphatic carbocycles. The van der Waals surface area contributed by atoms with Crippen LogP contribution in [0.15, 0.2) is 0 Å². The molecule has 2 heterocycles. The van der Waals surface area contributed by atoms with E-state index in [9.17, 15) is 27.6 Å². The van der Waals surface area contributed by atoms with E-state index in [0.29, 0.717) is 58.3 Å². The number of carbonyl (C=O) groups is 5. The first kappa shape index (κ1) is 40.8. The molecular weight excluding hydrogens is 751 g/mol. The topological polar surface area (TPSA) is 189 Å². The van der Waals surface area contributed by atoms with E-state index in [-0.39, 0.29) is 46.0 Å². The molecule has 2 aliphatic heterocycles. The maximum atomic E-state index is 15.2. The van der Waals surface area contributed by atoms with Crippen molar-refractivity contribution in [1.82, 2.24) is 25.6 Å². The van der Waals surface area contributed by atoms with Crippen LogP contribution in [0.4, 0.5) is 4.79 Å². The Morgan fingerprint density at radius 1 is 0.825 bits per heavy atom. The fraction of sp³-hybridized carbons (Fsp3) is 0.881. The molecule has 6 atom stereocenters. The summed E-state index contributed by atoms with van der Waals surface area (Å²) >= 11 is 0. The molecule has 4 N–H and O–H groups in total. The maximum absolute atomic E-state index is 15.2. The zero-order chi connectivity index (χ0) is 40.8. The van der Waals surface area contributed by atoms with Crippen molar-refractivity contribution in [2.24, 2.45) is 39.4 Å². The number of carbonyl (C=O) groups excluding carboxylic acids is 5. The highest BCUT2D eigenvalue weighted by molar-refractivity contribution is 7.91. The Hall–Kier alpha value is -2.94. The second-order valence-corrected chi connectivity index (χ2v) is 22.6. The van der Waals surface area contributed by atoms with Crippen LogP contribution in [0.1, 0.15) is 137 Å². The summed E-state index contributed by atoms with van der Waals surface area (Å²) in [6, 6.07) is -2.85. The van der Waals surface area contributed by atoms with Gasteiger partial charge in [-0.1, -0.05) is 60.3 Å². The van der Waals surface area contributed by atoms with Gasteiger partial charge in [0.1, 0.15) is 29.8 Å². The lowest BCUT2D eigenvalue weighted by Crippen LogP contribution is -2.62. The lowest BCUT2D eigenvalue weighted by atomic mass is 9.73. The molecule has 2 saturated heterocycles. The number of sulfonamides is 1. The van der Waals surface area contributed by atoms with Crippen molar-refractivity contribution in [3.05, 3.63) is 0 Å². The van der Waals surface area contributed by atoms with E-state index in [1.807, 2.05) is 20.8 Å². The van der Waals surface area contributed by atoms with Crippen LogP contribution in [0.25, 0.3) is 0 Å². The van der Waals surface area contributed by atoms with Crippen molar-refractivity contribution in [2.75, 3.05) is 19.8 Å². The summed E-state index contributed by atoms with van der Waals surface area (Å²) < 4.78 is 39.3. The Bertz CT molecular complexity index is 1760. The maximum Gasteiger partial charge on any atom is 0.408 e. The van der Waals surface area contributed by atoms with Gasteiger partial charge in [0.25, 0.3) is 5.91 Å². The van der Waals surface area contributed by atoms with Crippen LogP contribution in [-0.4, -0.2) is 97.8 Å². The third-order valence-electron chi connectivity index (χ3n) is 16.1. The number of ether oxygens (including phenoxy) is 2. The van der Waals surface area contributed by atoms with Crippen molar-refractivity contribution in [2.45, 2.75) is 172 Å². The number of nitrogens with zero attached hydrogens (tertiary/aromatic N) is 1. The van der Waals surface area contributed by atoms with Crippen molar-refractivity contribution in [3.8, 4) is 0 Å². The van der Waals surface area contributed by atoms with Gasteiger partial charge >= 0.3 is 6.09 Å². The number of nitrogens with one attached hydrogen (secondary N) is 4. The van der Waals surface area contributed by atoms with E-state index in [4.69, 9.17) is 9.47 Å². The van der Waals surface area contributed by atoms with Crippen LogP contribution in [0, 0.1) is 39.4 Å². The monoisotopic (exact) mass is 815 g/mol. The third-order valence-corrected chi connectivity index (χ3v) is 17.9. The average Bonchev–Trinajstić information content (AvgIpc) is 3.97. The van der Waals surface area contributed by atoms with Gasteiger partial charge in [-0.15, -0.1) is 0 Å². The van der Waals surface area contributed by atoms with Gasteiger partial charge in [0.15, 0.2) is 0 Å². The lowest BCUT2D eigenvalue weighted by molar-refractivity contribution is -0.145. The highest BCUT2D eigenvalue weighted by Gasteiger charge is 2.85. The van der Waals surface area contributed by atoms with E-state index in [2.05, 4.69) is 34.5 Å². The number of hydrogen-bond acceptors (Lipinski definition) is 9. The molecule has 0 aromatic carbocycles. The Kier molecular flexibility index (Phi) is 10.3. The number of fused-ring (bicyclic) bond motifs is 1. The molecule has 8 fully saturated rings. The minimum Gasteiger partial charge on any atom is -0.446 e. The molecule has 8 aliphatic rings. The first-order valence-corrected chi connectivity index (χ1v) is 23.4. The van der Waals surface area contributed by atoms with Gasteiger partial charge in [0.05, 0.1) is 18.5 Å². The van der Waals surface area contributed by atoms with Gasteiger partial charge in [0.2, 0.25) is 27.7 Å². The standard InChI is InChI=1S/C42H65N5O9S/c1-38(2,3)32(44-34(49)31(26-10-7-6-8-11-26)43-37(52)56-27-16-20-55-21-17-27)35(50)47-24-41(39(4,5)40(41)18-9-19-40)23-30(47)33(48)45-42(22-29(42)25-12-13-25)36(51)46-57(53,54)28-14-15-28/h25-32H,6-24H2,1-5H3,(H,43,52)(H,44,49)(H,45,48)(H,46,51)/t29-,30-,31-,32+,41+,42+/m0/s1. The molecule has 318 valence electrons. The molecule has 0 unspecified atom stereocenters. The van der Waals surface area contributed by atoms with Crippen LogP contribution in [0.5, 0.6) is 0 Å². The Balaban J connectivity index is 1.05. The fourth-order valence-electron chi connectivity index (χ4n) is 11.9. The van der Waals surface area contributed by atoms with E-state index in [1.165, 1.54) is 0 Å². The Labute approximate surface area is 337 Å². The van der Waals surface area contributed by atoms with Gasteiger partial charge in [0, 0.05) is 24.8 Å². The SMILES string of the molecule is CC(C)(C)[C@H](NC(=O)[C@@H](NC(=O)OC1CCOCC1)C1CCCCC1)C(=O)N1C[C@]2(C[C@H]1C(=O)N[C@]1(C(=O)NS(=O)(=O)C3CC3)C[C@H]1C1CC1)C(C)(C)C21CCC1. The molecule has 2 spiro atoms. The molecule has 5 amide bonds. The van der Waals surface area contributed by atoms with Gasteiger partial charge in [-0.05, 0) is 98.2 Å². The van der Waals surface area contributed by atoms with Crippen molar-refractivity contribution in [3.63, 3.8) is 0 Å². The lowest BCUT2D eigenvalue weighted by Gasteiger charge is -2.38. The smallest absolute Gasteiger partial charge is 0.408 e. The van der Waals surface area contributed by atoms with E-state index in [1.54, 1.807) is 4.90 Å². The van der Waals surface area contributed by atoms with E-state index < -0.39 is 68.2 Å². The molecular formula is C42H65N5O9S. The van der Waals surface area contributed by atoms with Crippen LogP contribution in [0.2, 0.25) is 0 Å². The Morgan fingerprint density at radius 3 is 2.05 bits per heavy atom. The largest absolute Gasteiger partial charge is 0.446 e. The van der Waals surface area contributed by atoms with E-state index in [0.717, 1.165) is 64.2 Å². The quantitative estimate of drug-likeness (QED) is 0.225. The Morgan fingerprint density at radius 2 is 1.49 bits per heavy atom. The van der Waals surface area contributed by atoms with Crippen LogP contribution in [-0.2, 0) is 38.7 Å². The molecule has 8 rings (SSSR count). The minimum absolute atomic E-state index is 0.00160. The summed E-state index contributed by atoms with van der Waals surface area (Å²) in [5.74, 6) is -1.99. The molecule has 14 nitrogen and oxygen atoms in total. The van der Waals surface area contributed by atoms with Crippen LogP contribution >= 0.6 is 0 Å². The second-order valence-electron chi connectivity index (χ2n) is 20.7. The molecule has 0 aromatic rings. The van der Waals surface area contributed by atoms with Crippen LogP contribution in [0.3, 0.4) is 0 Å². The normalized spacial score (nSPS) is 33.1. The molecule has 0 bridgehead atoms. The molecule has 15 heteroatoms. The zero-order valence-electron chi connectivity index (χ0n) is 34.6. The number of hydrogen-bond donors (Lipinski definition) is 4. The molecule has 0 radical (unpaired) electrons. The van der Waals surface area contributed by atoms with Crippen molar-refractivity contribution < 1.29 is 41.9 Å². The first-order valence-electron chi connectivity index (χ1n) is 21.9. The first-order chi connectivity index (χ1) is 26.9. The summed E-state index contributed by atoms with van der Waals surface area (Å²) in [6.07, 6.45) is 11.5. The van der Waals surface area contributed by atoms with Gasteiger partial charge in [-0.2, -0.15) is 0 Å².